The number of carbonyl (C=O) groups excluding carboxylic acids is 2. The van der Waals surface area contributed by atoms with Gasteiger partial charge >= 0.3 is 5.97 Å². The third kappa shape index (κ3) is 5.74. The van der Waals surface area contributed by atoms with Crippen molar-refractivity contribution in [1.29, 1.82) is 0 Å². The van der Waals surface area contributed by atoms with Gasteiger partial charge in [-0.2, -0.15) is 15.4 Å². The number of amides is 1. The minimum absolute atomic E-state index is 0.0167. The number of aromatic amines is 1. The molecule has 1 aromatic heterocycles. The van der Waals surface area contributed by atoms with Crippen LogP contribution in [0.15, 0.2) is 60.8 Å². The second-order valence-electron chi connectivity index (χ2n) is 6.80. The molecule has 0 spiro atoms. The Balaban J connectivity index is 1.72. The van der Waals surface area contributed by atoms with Crippen molar-refractivity contribution in [1.82, 2.24) is 20.7 Å². The van der Waals surface area contributed by atoms with Gasteiger partial charge in [0, 0.05) is 12.5 Å². The molecule has 3 rings (SSSR count). The lowest BCUT2D eigenvalue weighted by Gasteiger charge is -2.21. The summed E-state index contributed by atoms with van der Waals surface area (Å²) in [5.41, 5.74) is 3.27. The molecule has 3 N–H and O–H groups in total. The number of esters is 1. The number of aromatic nitrogens is 3. The van der Waals surface area contributed by atoms with Crippen LogP contribution < -0.4 is 5.32 Å². The first kappa shape index (κ1) is 21.2. The lowest BCUT2D eigenvalue weighted by Crippen LogP contribution is -2.41. The molecule has 0 aliphatic rings. The van der Waals surface area contributed by atoms with Gasteiger partial charge in [0.25, 0.3) is 5.91 Å². The molecule has 30 heavy (non-hydrogen) atoms. The van der Waals surface area contributed by atoms with E-state index in [1.165, 1.54) is 6.20 Å². The minimum Gasteiger partial charge on any atom is -0.464 e. The molecule has 0 radical (unpaired) electrons. The van der Waals surface area contributed by atoms with Gasteiger partial charge in [0.05, 0.1) is 12.8 Å². The SMILES string of the molecule is CCOC(=O)[C@H](O)C[C@@H](Cc1ccc(-c2ccccc2)cc1)NC(=O)c1cn[nH]n1. The first-order valence-electron chi connectivity index (χ1n) is 9.72. The van der Waals surface area contributed by atoms with Crippen LogP contribution in [0, 0.1) is 0 Å². The molecule has 0 aliphatic carbocycles. The number of hydrogen-bond donors (Lipinski definition) is 3. The number of aliphatic hydroxyl groups excluding tert-OH is 1. The first-order chi connectivity index (χ1) is 14.6. The van der Waals surface area contributed by atoms with Crippen molar-refractivity contribution in [2.75, 3.05) is 6.61 Å². The fourth-order valence-corrected chi connectivity index (χ4v) is 3.12. The Labute approximate surface area is 174 Å². The maximum atomic E-state index is 12.4. The standard InChI is InChI=1S/C22H24N4O4/c1-2-30-22(29)20(27)13-18(24-21(28)19-14-23-26-25-19)12-15-8-10-17(11-9-15)16-6-4-3-5-7-16/h3-11,14,18,20,27H,2,12-13H2,1H3,(H,24,28)(H,23,25,26)/t18-,20-/m1/s1. The summed E-state index contributed by atoms with van der Waals surface area (Å²) >= 11 is 0. The van der Waals surface area contributed by atoms with Gasteiger partial charge in [0.2, 0.25) is 0 Å². The number of hydrogen-bond acceptors (Lipinski definition) is 6. The summed E-state index contributed by atoms with van der Waals surface area (Å²) in [4.78, 5) is 24.2. The number of H-pyrrole nitrogens is 1. The van der Waals surface area contributed by atoms with Crippen LogP contribution in [0.1, 0.15) is 29.4 Å². The zero-order valence-corrected chi connectivity index (χ0v) is 16.6. The fraction of sp³-hybridized carbons (Fsp3) is 0.273. The Bertz CT molecular complexity index is 943. The molecule has 0 saturated heterocycles. The van der Waals surface area contributed by atoms with Crippen LogP contribution in [-0.2, 0) is 16.0 Å². The molecule has 0 aliphatic heterocycles. The van der Waals surface area contributed by atoms with Crippen molar-refractivity contribution in [2.24, 2.45) is 0 Å². The molecule has 0 bridgehead atoms. The summed E-state index contributed by atoms with van der Waals surface area (Å²) in [6.07, 6.45) is 0.414. The number of ether oxygens (including phenoxy) is 1. The molecule has 0 unspecified atom stereocenters. The average molecular weight is 408 g/mol. The Morgan fingerprint density at radius 1 is 1.10 bits per heavy atom. The Morgan fingerprint density at radius 3 is 2.43 bits per heavy atom. The maximum absolute atomic E-state index is 12.4. The van der Waals surface area contributed by atoms with Gasteiger partial charge in [-0.05, 0) is 30.0 Å². The van der Waals surface area contributed by atoms with E-state index in [-0.39, 0.29) is 18.7 Å². The normalized spacial score (nSPS) is 12.7. The van der Waals surface area contributed by atoms with E-state index in [0.717, 1.165) is 16.7 Å². The third-order valence-corrected chi connectivity index (χ3v) is 4.59. The number of carbonyl (C=O) groups is 2. The highest BCUT2D eigenvalue weighted by Gasteiger charge is 2.24. The molecule has 0 saturated carbocycles. The van der Waals surface area contributed by atoms with E-state index in [1.807, 2.05) is 54.6 Å². The fourth-order valence-electron chi connectivity index (χ4n) is 3.12. The van der Waals surface area contributed by atoms with E-state index in [4.69, 9.17) is 4.74 Å². The zero-order valence-electron chi connectivity index (χ0n) is 16.6. The van der Waals surface area contributed by atoms with Gasteiger partial charge in [-0.15, -0.1) is 0 Å². The summed E-state index contributed by atoms with van der Waals surface area (Å²) in [7, 11) is 0. The molecule has 8 nitrogen and oxygen atoms in total. The number of benzene rings is 2. The molecular formula is C22H24N4O4. The number of nitrogens with zero attached hydrogens (tertiary/aromatic N) is 2. The first-order valence-corrected chi connectivity index (χ1v) is 9.72. The summed E-state index contributed by atoms with van der Waals surface area (Å²) < 4.78 is 4.87. The Hall–Kier alpha value is -3.52. The molecule has 1 amide bonds. The van der Waals surface area contributed by atoms with Crippen molar-refractivity contribution in [3.63, 3.8) is 0 Å². The molecule has 8 heteroatoms. The van der Waals surface area contributed by atoms with Gasteiger partial charge < -0.3 is 15.2 Å². The molecule has 1 heterocycles. The monoisotopic (exact) mass is 408 g/mol. The average Bonchev–Trinajstić information content (AvgIpc) is 3.30. The summed E-state index contributed by atoms with van der Waals surface area (Å²) in [6.45, 7) is 1.84. The van der Waals surface area contributed by atoms with Crippen molar-refractivity contribution in [3.8, 4) is 11.1 Å². The number of nitrogens with one attached hydrogen (secondary N) is 2. The molecule has 156 valence electrons. The zero-order chi connectivity index (χ0) is 21.3. The topological polar surface area (TPSA) is 117 Å². The van der Waals surface area contributed by atoms with E-state index in [9.17, 15) is 14.7 Å². The van der Waals surface area contributed by atoms with Crippen molar-refractivity contribution in [2.45, 2.75) is 31.9 Å². The van der Waals surface area contributed by atoms with Gasteiger partial charge in [-0.1, -0.05) is 54.6 Å². The summed E-state index contributed by atoms with van der Waals surface area (Å²) in [5, 5.41) is 22.8. The second-order valence-corrected chi connectivity index (χ2v) is 6.80. The van der Waals surface area contributed by atoms with Gasteiger partial charge in [0.1, 0.15) is 0 Å². The number of rotatable bonds is 9. The van der Waals surface area contributed by atoms with Crippen molar-refractivity contribution >= 4 is 11.9 Å². The van der Waals surface area contributed by atoms with Gasteiger partial charge in [-0.3, -0.25) is 4.79 Å². The second kappa shape index (κ2) is 10.3. The number of aliphatic hydroxyl groups is 1. The largest absolute Gasteiger partial charge is 0.464 e. The van der Waals surface area contributed by atoms with Crippen LogP contribution in [0.5, 0.6) is 0 Å². The van der Waals surface area contributed by atoms with E-state index in [2.05, 4.69) is 20.7 Å². The molecule has 3 aromatic rings. The van der Waals surface area contributed by atoms with Crippen LogP contribution in [0.2, 0.25) is 0 Å². The van der Waals surface area contributed by atoms with Crippen LogP contribution >= 0.6 is 0 Å². The van der Waals surface area contributed by atoms with Gasteiger partial charge in [-0.25, -0.2) is 4.79 Å². The van der Waals surface area contributed by atoms with Crippen LogP contribution in [-0.4, -0.2) is 51.1 Å². The summed E-state index contributed by atoms with van der Waals surface area (Å²) in [5.74, 6) is -1.15. The van der Waals surface area contributed by atoms with E-state index in [0.29, 0.717) is 6.42 Å². The minimum atomic E-state index is -1.34. The van der Waals surface area contributed by atoms with E-state index in [1.54, 1.807) is 6.92 Å². The lowest BCUT2D eigenvalue weighted by atomic mass is 9.97. The molecule has 2 atom stereocenters. The Kier molecular flexibility index (Phi) is 7.29. The highest BCUT2D eigenvalue weighted by atomic mass is 16.5. The third-order valence-electron chi connectivity index (χ3n) is 4.59. The lowest BCUT2D eigenvalue weighted by molar-refractivity contribution is -0.153. The highest BCUT2D eigenvalue weighted by Crippen LogP contribution is 2.20. The van der Waals surface area contributed by atoms with E-state index >= 15 is 0 Å². The smallest absolute Gasteiger partial charge is 0.335 e. The predicted octanol–water partition coefficient (Wildman–Crippen LogP) is 2.13. The maximum Gasteiger partial charge on any atom is 0.335 e. The van der Waals surface area contributed by atoms with Crippen LogP contribution in [0.25, 0.3) is 11.1 Å². The molecule has 0 fully saturated rings. The highest BCUT2D eigenvalue weighted by molar-refractivity contribution is 5.92. The van der Waals surface area contributed by atoms with Crippen LogP contribution in [0.3, 0.4) is 0 Å². The molecular weight excluding hydrogens is 384 g/mol. The predicted molar refractivity (Wildman–Crippen MR) is 110 cm³/mol. The molecule has 2 aromatic carbocycles. The van der Waals surface area contributed by atoms with Gasteiger partial charge in [0.15, 0.2) is 11.8 Å². The summed E-state index contributed by atoms with van der Waals surface area (Å²) in [6, 6.07) is 17.4. The quantitative estimate of drug-likeness (QED) is 0.467. The van der Waals surface area contributed by atoms with Crippen molar-refractivity contribution in [3.05, 3.63) is 72.1 Å². The Morgan fingerprint density at radius 2 is 1.80 bits per heavy atom. The van der Waals surface area contributed by atoms with Crippen LogP contribution in [0.4, 0.5) is 0 Å². The van der Waals surface area contributed by atoms with E-state index < -0.39 is 24.0 Å². The van der Waals surface area contributed by atoms with Crippen molar-refractivity contribution < 1.29 is 19.4 Å².